The molecule has 0 saturated carbocycles. The molecule has 0 aliphatic carbocycles. The van der Waals surface area contributed by atoms with Gasteiger partial charge in [0.15, 0.2) is 0 Å². The maximum absolute atomic E-state index is 11.8. The average Bonchev–Trinajstić information content (AvgIpc) is 2.74. The first-order valence-corrected chi connectivity index (χ1v) is 11.2. The molecule has 3 amide bonds. The third-order valence-electron chi connectivity index (χ3n) is 4.82. The normalized spacial score (nSPS) is 10.2. The zero-order valence-electron chi connectivity index (χ0n) is 19.8. The van der Waals surface area contributed by atoms with E-state index in [1.807, 2.05) is 32.0 Å². The molecule has 0 spiro atoms. The van der Waals surface area contributed by atoms with Crippen LogP contribution in [0.4, 0.5) is 5.69 Å². The van der Waals surface area contributed by atoms with Gasteiger partial charge in [0.25, 0.3) is 0 Å². The Labute approximate surface area is 241 Å². The second kappa shape index (κ2) is 19.6. The molecule has 7 nitrogen and oxygen atoms in total. The Balaban J connectivity index is 0.00000961. The standard InChI is InChI=1S/C24H37N3O4.Rb/c1-19(2)21(28)14-8-4-9-15-22(29)26-18-24(31)25-17-11-5-10-16-23(30)27-20-12-6-3-7-13-20;/h3,6-7,12-13,19H,4-5,8-11,14-18H2,1-2H3,(H3,25,26,27,29,30,31);/q;+1/p-1. The molecule has 0 unspecified atom stereocenters. The van der Waals surface area contributed by atoms with Gasteiger partial charge < -0.3 is 20.7 Å². The minimum atomic E-state index is -0.217. The SMILES string of the molecule is CC(C)C(=O)CCCCCC(=O)NCC(=O)NCCCCCC(=O)[N-]c1ccccc1.[Rb+]. The van der Waals surface area contributed by atoms with Crippen molar-refractivity contribution in [1.29, 1.82) is 0 Å². The van der Waals surface area contributed by atoms with Gasteiger partial charge in [0.2, 0.25) is 11.8 Å². The van der Waals surface area contributed by atoms with E-state index in [-0.39, 0.29) is 94.2 Å². The van der Waals surface area contributed by atoms with Gasteiger partial charge in [0.05, 0.1) is 12.5 Å². The molecule has 0 radical (unpaired) electrons. The maximum atomic E-state index is 11.8. The summed E-state index contributed by atoms with van der Waals surface area (Å²) >= 11 is 0. The number of hydrogen-bond acceptors (Lipinski definition) is 4. The van der Waals surface area contributed by atoms with Crippen molar-refractivity contribution in [2.24, 2.45) is 5.92 Å². The van der Waals surface area contributed by atoms with Gasteiger partial charge in [-0.2, -0.15) is 0 Å². The number of ketones is 1. The van der Waals surface area contributed by atoms with Crippen LogP contribution in [0.5, 0.6) is 0 Å². The van der Waals surface area contributed by atoms with Gasteiger partial charge in [0.1, 0.15) is 5.78 Å². The molecular weight excluding hydrogens is 480 g/mol. The van der Waals surface area contributed by atoms with Gasteiger partial charge >= 0.3 is 58.2 Å². The van der Waals surface area contributed by atoms with E-state index in [0.29, 0.717) is 37.9 Å². The van der Waals surface area contributed by atoms with E-state index >= 15 is 0 Å². The van der Waals surface area contributed by atoms with Crippen molar-refractivity contribution in [2.45, 2.75) is 71.6 Å². The van der Waals surface area contributed by atoms with Gasteiger partial charge in [-0.1, -0.05) is 57.0 Å². The van der Waals surface area contributed by atoms with Crippen LogP contribution in [-0.4, -0.2) is 36.6 Å². The summed E-state index contributed by atoms with van der Waals surface area (Å²) < 4.78 is 0. The second-order valence-corrected chi connectivity index (χ2v) is 7.96. The average molecular weight is 516 g/mol. The van der Waals surface area contributed by atoms with Crippen molar-refractivity contribution in [3.05, 3.63) is 35.6 Å². The summed E-state index contributed by atoms with van der Waals surface area (Å²) in [5.41, 5.74) is 0.669. The zero-order valence-corrected chi connectivity index (χ0v) is 24.7. The molecule has 32 heavy (non-hydrogen) atoms. The first kappa shape index (κ1) is 31.1. The molecule has 2 N–H and O–H groups in total. The van der Waals surface area contributed by atoms with Gasteiger partial charge in [0, 0.05) is 25.3 Å². The summed E-state index contributed by atoms with van der Waals surface area (Å²) in [7, 11) is 0. The number of para-hydroxylation sites is 1. The molecule has 0 aliphatic rings. The molecule has 0 aliphatic heterocycles. The molecule has 1 aromatic rings. The topological polar surface area (TPSA) is 106 Å². The minimum Gasteiger partial charge on any atom is -0.627 e. The summed E-state index contributed by atoms with van der Waals surface area (Å²) in [4.78, 5) is 46.8. The van der Waals surface area contributed by atoms with E-state index < -0.39 is 0 Å². The molecular formula is C24H36N3O4Rb. The van der Waals surface area contributed by atoms with Crippen molar-refractivity contribution in [1.82, 2.24) is 10.6 Å². The molecule has 0 fully saturated rings. The van der Waals surface area contributed by atoms with Crippen LogP contribution in [0.15, 0.2) is 30.3 Å². The fourth-order valence-corrected chi connectivity index (χ4v) is 2.89. The van der Waals surface area contributed by atoms with Gasteiger partial charge in [-0.3, -0.25) is 14.4 Å². The summed E-state index contributed by atoms with van der Waals surface area (Å²) in [5, 5.41) is 9.41. The number of hydrogen-bond donors (Lipinski definition) is 2. The molecule has 0 aromatic heterocycles. The van der Waals surface area contributed by atoms with Crippen molar-refractivity contribution in [3.8, 4) is 0 Å². The molecule has 0 heterocycles. The molecule has 0 bridgehead atoms. The van der Waals surface area contributed by atoms with Crippen LogP contribution in [0, 0.1) is 5.92 Å². The Morgan fingerprint density at radius 3 is 2.09 bits per heavy atom. The summed E-state index contributed by atoms with van der Waals surface area (Å²) in [5.74, 6) is -0.170. The quantitative estimate of drug-likeness (QED) is 0.322. The molecule has 0 saturated heterocycles. The number of carbonyl (C=O) groups excluding carboxylic acids is 4. The fraction of sp³-hybridized carbons (Fsp3) is 0.583. The Hall–Kier alpha value is -0.895. The zero-order chi connectivity index (χ0) is 22.9. The van der Waals surface area contributed by atoms with Crippen LogP contribution >= 0.6 is 0 Å². The van der Waals surface area contributed by atoms with Crippen LogP contribution < -0.4 is 68.8 Å². The number of rotatable bonds is 16. The largest absolute Gasteiger partial charge is 1.00 e. The molecule has 1 rings (SSSR count). The Bertz CT molecular complexity index is 696. The first-order chi connectivity index (χ1) is 14.9. The molecule has 0 atom stereocenters. The van der Waals surface area contributed by atoms with Crippen LogP contribution in [0.25, 0.3) is 5.32 Å². The Morgan fingerprint density at radius 1 is 0.781 bits per heavy atom. The molecule has 8 heteroatoms. The monoisotopic (exact) mass is 515 g/mol. The van der Waals surface area contributed by atoms with Gasteiger partial charge in [-0.15, -0.1) is 5.69 Å². The van der Waals surface area contributed by atoms with E-state index in [1.165, 1.54) is 0 Å². The van der Waals surface area contributed by atoms with E-state index in [9.17, 15) is 19.2 Å². The molecule has 1 aromatic carbocycles. The summed E-state index contributed by atoms with van der Waals surface area (Å²) in [6.45, 7) is 4.28. The summed E-state index contributed by atoms with van der Waals surface area (Å²) in [6, 6.07) is 9.15. The number of carbonyl (C=O) groups is 4. The Morgan fingerprint density at radius 2 is 1.41 bits per heavy atom. The summed E-state index contributed by atoms with van der Waals surface area (Å²) in [6.07, 6.45) is 6.00. The number of Topliss-reactive ketones (excluding diaryl/α,β-unsaturated/α-hetero) is 1. The third kappa shape index (κ3) is 16.7. The van der Waals surface area contributed by atoms with E-state index in [4.69, 9.17) is 0 Å². The van der Waals surface area contributed by atoms with Crippen molar-refractivity contribution < 1.29 is 77.4 Å². The number of benzene rings is 1. The van der Waals surface area contributed by atoms with Crippen molar-refractivity contribution >= 4 is 29.2 Å². The van der Waals surface area contributed by atoms with Crippen molar-refractivity contribution in [3.63, 3.8) is 0 Å². The van der Waals surface area contributed by atoms with Crippen molar-refractivity contribution in [2.75, 3.05) is 13.1 Å². The number of unbranched alkanes of at least 4 members (excludes halogenated alkanes) is 4. The number of amides is 3. The minimum absolute atomic E-state index is 0. The number of nitrogens with one attached hydrogen (secondary N) is 2. The van der Waals surface area contributed by atoms with Crippen LogP contribution in [0.2, 0.25) is 0 Å². The van der Waals surface area contributed by atoms with E-state index in [2.05, 4.69) is 16.0 Å². The first-order valence-electron chi connectivity index (χ1n) is 11.2. The smallest absolute Gasteiger partial charge is 0.627 e. The van der Waals surface area contributed by atoms with Gasteiger partial charge in [-0.05, 0) is 32.1 Å². The fourth-order valence-electron chi connectivity index (χ4n) is 2.89. The van der Waals surface area contributed by atoms with Gasteiger partial charge in [-0.25, -0.2) is 0 Å². The second-order valence-electron chi connectivity index (χ2n) is 7.96. The maximum Gasteiger partial charge on any atom is 1.00 e. The van der Waals surface area contributed by atoms with E-state index in [1.54, 1.807) is 12.1 Å². The predicted molar refractivity (Wildman–Crippen MR) is 122 cm³/mol. The predicted octanol–water partition coefficient (Wildman–Crippen LogP) is 1.19. The Kier molecular flexibility index (Phi) is 19.0. The third-order valence-corrected chi connectivity index (χ3v) is 4.82. The van der Waals surface area contributed by atoms with Crippen LogP contribution in [-0.2, 0) is 19.2 Å². The van der Waals surface area contributed by atoms with Crippen LogP contribution in [0.3, 0.4) is 0 Å². The van der Waals surface area contributed by atoms with E-state index in [0.717, 1.165) is 32.1 Å². The van der Waals surface area contributed by atoms with Crippen LogP contribution in [0.1, 0.15) is 71.6 Å². The number of nitrogens with zero attached hydrogens (tertiary/aromatic N) is 1. The molecule has 172 valence electrons.